The van der Waals surface area contributed by atoms with Crippen molar-refractivity contribution < 1.29 is 14.4 Å². The van der Waals surface area contributed by atoms with Crippen LogP contribution in [-0.2, 0) is 11.3 Å². The van der Waals surface area contributed by atoms with Crippen LogP contribution in [0.5, 0.6) is 0 Å². The SMILES string of the molecule is CNC(=O)CC1(O)CCCN(Cc2nc(-c3ccccc3)no2)C1. The van der Waals surface area contributed by atoms with Crippen LogP contribution in [0.1, 0.15) is 25.2 Å². The third kappa shape index (κ3) is 3.98. The van der Waals surface area contributed by atoms with Gasteiger partial charge in [-0.1, -0.05) is 35.5 Å². The summed E-state index contributed by atoms with van der Waals surface area (Å²) < 4.78 is 5.33. The van der Waals surface area contributed by atoms with Gasteiger partial charge in [0.05, 0.1) is 18.6 Å². The number of hydrogen-bond acceptors (Lipinski definition) is 6. The van der Waals surface area contributed by atoms with Gasteiger partial charge in [0.2, 0.25) is 17.6 Å². The quantitative estimate of drug-likeness (QED) is 0.856. The van der Waals surface area contributed by atoms with E-state index in [1.807, 2.05) is 30.3 Å². The molecule has 1 unspecified atom stereocenters. The van der Waals surface area contributed by atoms with Gasteiger partial charge in [0.1, 0.15) is 0 Å². The molecule has 1 aliphatic heterocycles. The van der Waals surface area contributed by atoms with Gasteiger partial charge in [0.15, 0.2) is 0 Å². The van der Waals surface area contributed by atoms with Gasteiger partial charge in [-0.15, -0.1) is 0 Å². The van der Waals surface area contributed by atoms with E-state index in [0.717, 1.165) is 18.5 Å². The Morgan fingerprint density at radius 1 is 1.42 bits per heavy atom. The van der Waals surface area contributed by atoms with E-state index in [4.69, 9.17) is 4.52 Å². The summed E-state index contributed by atoms with van der Waals surface area (Å²) in [7, 11) is 1.58. The monoisotopic (exact) mass is 330 g/mol. The van der Waals surface area contributed by atoms with Gasteiger partial charge in [-0.25, -0.2) is 0 Å². The molecule has 1 aromatic carbocycles. The lowest BCUT2D eigenvalue weighted by Crippen LogP contribution is -2.49. The zero-order valence-electron chi connectivity index (χ0n) is 13.7. The number of carbonyl (C=O) groups is 1. The summed E-state index contributed by atoms with van der Waals surface area (Å²) >= 11 is 0. The first kappa shape index (κ1) is 16.6. The molecular weight excluding hydrogens is 308 g/mol. The Morgan fingerprint density at radius 2 is 2.21 bits per heavy atom. The predicted octanol–water partition coefficient (Wildman–Crippen LogP) is 1.20. The van der Waals surface area contributed by atoms with Crippen molar-refractivity contribution >= 4 is 5.91 Å². The van der Waals surface area contributed by atoms with Gasteiger partial charge in [0.25, 0.3) is 0 Å². The largest absolute Gasteiger partial charge is 0.388 e. The Morgan fingerprint density at radius 3 is 2.96 bits per heavy atom. The van der Waals surface area contributed by atoms with E-state index in [1.165, 1.54) is 0 Å². The molecule has 1 saturated heterocycles. The second-order valence-corrected chi connectivity index (χ2v) is 6.27. The molecular formula is C17H22N4O3. The maximum Gasteiger partial charge on any atom is 0.241 e. The van der Waals surface area contributed by atoms with Crippen LogP contribution in [0.2, 0.25) is 0 Å². The van der Waals surface area contributed by atoms with E-state index < -0.39 is 5.60 Å². The number of amides is 1. The highest BCUT2D eigenvalue weighted by molar-refractivity contribution is 5.76. The molecule has 1 atom stereocenters. The third-order valence-corrected chi connectivity index (χ3v) is 4.26. The number of aromatic nitrogens is 2. The fourth-order valence-electron chi connectivity index (χ4n) is 3.09. The molecule has 24 heavy (non-hydrogen) atoms. The molecule has 128 valence electrons. The third-order valence-electron chi connectivity index (χ3n) is 4.26. The second kappa shape index (κ2) is 7.11. The number of aliphatic hydroxyl groups is 1. The van der Waals surface area contributed by atoms with Crippen LogP contribution >= 0.6 is 0 Å². The van der Waals surface area contributed by atoms with Crippen LogP contribution in [0, 0.1) is 0 Å². The molecule has 7 heteroatoms. The number of nitrogens with zero attached hydrogens (tertiary/aromatic N) is 3. The summed E-state index contributed by atoms with van der Waals surface area (Å²) in [6.07, 6.45) is 1.56. The Balaban J connectivity index is 1.64. The first-order valence-electron chi connectivity index (χ1n) is 8.11. The molecule has 0 spiro atoms. The molecule has 3 rings (SSSR count). The van der Waals surface area contributed by atoms with Crippen LogP contribution in [0.4, 0.5) is 0 Å². The number of β-amino-alcohol motifs (C(OH)–C–C–N with tert-alkyl or cyclic N) is 1. The first-order valence-corrected chi connectivity index (χ1v) is 8.11. The molecule has 2 N–H and O–H groups in total. The highest BCUT2D eigenvalue weighted by Crippen LogP contribution is 2.26. The fourth-order valence-corrected chi connectivity index (χ4v) is 3.09. The molecule has 0 aliphatic carbocycles. The molecule has 2 aromatic rings. The minimum absolute atomic E-state index is 0.110. The van der Waals surface area contributed by atoms with Crippen LogP contribution in [0.25, 0.3) is 11.4 Å². The van der Waals surface area contributed by atoms with E-state index >= 15 is 0 Å². The summed E-state index contributed by atoms with van der Waals surface area (Å²) in [4.78, 5) is 18.0. The summed E-state index contributed by atoms with van der Waals surface area (Å²) in [6, 6.07) is 9.64. The number of hydrogen-bond donors (Lipinski definition) is 2. The molecule has 7 nitrogen and oxygen atoms in total. The number of nitrogens with one attached hydrogen (secondary N) is 1. The van der Waals surface area contributed by atoms with Gasteiger partial charge < -0.3 is 14.9 Å². The summed E-state index contributed by atoms with van der Waals surface area (Å²) in [5, 5.41) is 17.2. The maximum absolute atomic E-state index is 11.6. The summed E-state index contributed by atoms with van der Waals surface area (Å²) in [6.45, 7) is 1.72. The molecule has 0 bridgehead atoms. The zero-order valence-corrected chi connectivity index (χ0v) is 13.7. The van der Waals surface area contributed by atoms with Crippen LogP contribution < -0.4 is 5.32 Å². The standard InChI is InChI=1S/C17H22N4O3/c1-18-14(22)10-17(23)8-5-9-21(12-17)11-15-19-16(20-24-15)13-6-3-2-4-7-13/h2-4,6-7,23H,5,8-12H2,1H3,(H,18,22). The number of rotatable bonds is 5. The van der Waals surface area contributed by atoms with E-state index in [1.54, 1.807) is 7.05 Å². The molecule has 1 fully saturated rings. The Labute approximate surface area is 140 Å². The van der Waals surface area contributed by atoms with Crippen LogP contribution in [-0.4, -0.2) is 51.8 Å². The van der Waals surface area contributed by atoms with Crippen molar-refractivity contribution in [1.82, 2.24) is 20.4 Å². The molecule has 1 aromatic heterocycles. The van der Waals surface area contributed by atoms with Crippen molar-refractivity contribution in [3.05, 3.63) is 36.2 Å². The number of likely N-dealkylation sites (tertiary alicyclic amines) is 1. The number of carbonyl (C=O) groups excluding carboxylic acids is 1. The number of piperidine rings is 1. The molecule has 1 aliphatic rings. The minimum Gasteiger partial charge on any atom is -0.388 e. The first-order chi connectivity index (χ1) is 11.6. The van der Waals surface area contributed by atoms with E-state index in [0.29, 0.717) is 31.2 Å². The van der Waals surface area contributed by atoms with E-state index in [2.05, 4.69) is 20.4 Å². The molecule has 2 heterocycles. The fraction of sp³-hybridized carbons (Fsp3) is 0.471. The van der Waals surface area contributed by atoms with Crippen molar-refractivity contribution in [1.29, 1.82) is 0 Å². The molecule has 0 radical (unpaired) electrons. The van der Waals surface area contributed by atoms with Crippen molar-refractivity contribution in [2.75, 3.05) is 20.1 Å². The topological polar surface area (TPSA) is 91.5 Å². The van der Waals surface area contributed by atoms with E-state index in [-0.39, 0.29) is 12.3 Å². The number of benzene rings is 1. The lowest BCUT2D eigenvalue weighted by Gasteiger charge is -2.38. The Bertz CT molecular complexity index is 688. The van der Waals surface area contributed by atoms with Crippen molar-refractivity contribution in [2.24, 2.45) is 0 Å². The summed E-state index contributed by atoms with van der Waals surface area (Å²) in [5.41, 5.74) is -0.0945. The lowest BCUT2D eigenvalue weighted by molar-refractivity contribution is -0.128. The van der Waals surface area contributed by atoms with E-state index in [9.17, 15) is 9.90 Å². The predicted molar refractivity (Wildman–Crippen MR) is 87.9 cm³/mol. The lowest BCUT2D eigenvalue weighted by atomic mass is 9.89. The van der Waals surface area contributed by atoms with Gasteiger partial charge in [-0.2, -0.15) is 4.98 Å². The smallest absolute Gasteiger partial charge is 0.241 e. The maximum atomic E-state index is 11.6. The van der Waals surface area contributed by atoms with Crippen molar-refractivity contribution in [3.8, 4) is 11.4 Å². The van der Waals surface area contributed by atoms with Crippen molar-refractivity contribution in [2.45, 2.75) is 31.4 Å². The normalized spacial score (nSPS) is 21.6. The van der Waals surface area contributed by atoms with Gasteiger partial charge in [-0.3, -0.25) is 9.69 Å². The highest BCUT2D eigenvalue weighted by atomic mass is 16.5. The Kier molecular flexibility index (Phi) is 4.92. The minimum atomic E-state index is -0.999. The molecule has 1 amide bonds. The summed E-state index contributed by atoms with van der Waals surface area (Å²) in [5.74, 6) is 0.921. The van der Waals surface area contributed by atoms with Crippen LogP contribution in [0.3, 0.4) is 0 Å². The molecule has 0 saturated carbocycles. The Hall–Kier alpha value is -2.25. The zero-order chi connectivity index (χ0) is 17.0. The van der Waals surface area contributed by atoms with Gasteiger partial charge in [0, 0.05) is 19.2 Å². The van der Waals surface area contributed by atoms with Crippen LogP contribution in [0.15, 0.2) is 34.9 Å². The van der Waals surface area contributed by atoms with Gasteiger partial charge in [-0.05, 0) is 19.4 Å². The van der Waals surface area contributed by atoms with Crippen molar-refractivity contribution in [3.63, 3.8) is 0 Å². The highest BCUT2D eigenvalue weighted by Gasteiger charge is 2.35. The van der Waals surface area contributed by atoms with Gasteiger partial charge >= 0.3 is 0 Å². The average molecular weight is 330 g/mol. The second-order valence-electron chi connectivity index (χ2n) is 6.27. The average Bonchev–Trinajstić information content (AvgIpc) is 3.03.